The number of nitrogens with one attached hydrogen (secondary N) is 1. The second-order valence-corrected chi connectivity index (χ2v) is 7.78. The summed E-state index contributed by atoms with van der Waals surface area (Å²) in [5, 5.41) is 15.5. The van der Waals surface area contributed by atoms with Crippen LogP contribution in [-0.2, 0) is 10.0 Å². The Hall–Kier alpha value is -2.85. The summed E-state index contributed by atoms with van der Waals surface area (Å²) in [7, 11) is -3.82. The molecule has 10 heteroatoms. The Kier molecular flexibility index (Phi) is 6.81. The van der Waals surface area contributed by atoms with Gasteiger partial charge in [-0.25, -0.2) is 12.8 Å². The summed E-state index contributed by atoms with van der Waals surface area (Å²) < 4.78 is 39.4. The highest BCUT2D eigenvalue weighted by Gasteiger charge is 2.25. The molecule has 2 rings (SSSR count). The number of nitro groups is 1. The first-order valence-corrected chi connectivity index (χ1v) is 9.99. The van der Waals surface area contributed by atoms with E-state index in [1.54, 1.807) is 20.8 Å². The Balaban J connectivity index is 2.37. The Morgan fingerprint density at radius 1 is 1.18 bits per heavy atom. The van der Waals surface area contributed by atoms with Gasteiger partial charge in [-0.2, -0.15) is 9.41 Å². The molecule has 0 aliphatic carbocycles. The molecular weight excluding hydrogens is 387 g/mol. The van der Waals surface area contributed by atoms with E-state index in [2.05, 4.69) is 10.5 Å². The standard InChI is InChI=1S/C18H21FN4O4S/c1-4-22(5-2)28(26,27)16-10-11-17(18(12-16)23(24)25)21-20-13(3)14-6-8-15(19)9-7-14/h6-12,21H,4-5H2,1-3H3/b20-13-. The fraction of sp³-hybridized carbons (Fsp3) is 0.278. The van der Waals surface area contributed by atoms with E-state index >= 15 is 0 Å². The van der Waals surface area contributed by atoms with Crippen molar-refractivity contribution < 1.29 is 17.7 Å². The van der Waals surface area contributed by atoms with Crippen LogP contribution in [0.3, 0.4) is 0 Å². The Bertz CT molecular complexity index is 987. The zero-order valence-electron chi connectivity index (χ0n) is 15.7. The minimum atomic E-state index is -3.82. The van der Waals surface area contributed by atoms with Gasteiger partial charge in [-0.3, -0.25) is 15.5 Å². The summed E-state index contributed by atoms with van der Waals surface area (Å²) in [4.78, 5) is 10.6. The highest BCUT2D eigenvalue weighted by Crippen LogP contribution is 2.29. The molecule has 0 aliphatic heterocycles. The summed E-state index contributed by atoms with van der Waals surface area (Å²) in [5.74, 6) is -0.384. The molecule has 2 aromatic carbocycles. The lowest BCUT2D eigenvalue weighted by Crippen LogP contribution is -2.30. The van der Waals surface area contributed by atoms with Crippen LogP contribution in [0, 0.1) is 15.9 Å². The van der Waals surface area contributed by atoms with Gasteiger partial charge >= 0.3 is 0 Å². The number of hydrogen-bond acceptors (Lipinski definition) is 6. The topological polar surface area (TPSA) is 105 Å². The van der Waals surface area contributed by atoms with E-state index in [0.29, 0.717) is 11.3 Å². The maximum Gasteiger partial charge on any atom is 0.295 e. The Morgan fingerprint density at radius 3 is 2.32 bits per heavy atom. The summed E-state index contributed by atoms with van der Waals surface area (Å²) in [6.45, 7) is 5.56. The number of hydrogen-bond donors (Lipinski definition) is 1. The van der Waals surface area contributed by atoms with Crippen molar-refractivity contribution in [1.29, 1.82) is 0 Å². The second-order valence-electron chi connectivity index (χ2n) is 5.84. The maximum absolute atomic E-state index is 13.0. The molecule has 0 heterocycles. The average molecular weight is 408 g/mol. The van der Waals surface area contributed by atoms with Gasteiger partial charge < -0.3 is 0 Å². The molecule has 0 bridgehead atoms. The van der Waals surface area contributed by atoms with Crippen molar-refractivity contribution in [2.24, 2.45) is 5.10 Å². The van der Waals surface area contributed by atoms with Gasteiger partial charge in [0.25, 0.3) is 5.69 Å². The number of hydrazone groups is 1. The van der Waals surface area contributed by atoms with Gasteiger partial charge in [0.05, 0.1) is 15.5 Å². The van der Waals surface area contributed by atoms with Crippen molar-refractivity contribution in [3.05, 3.63) is 64.0 Å². The summed E-state index contributed by atoms with van der Waals surface area (Å²) in [5.41, 5.74) is 3.34. The number of sulfonamides is 1. The third-order valence-electron chi connectivity index (χ3n) is 4.12. The predicted molar refractivity (Wildman–Crippen MR) is 105 cm³/mol. The van der Waals surface area contributed by atoms with Gasteiger partial charge in [0.15, 0.2) is 0 Å². The fourth-order valence-corrected chi connectivity index (χ4v) is 4.01. The van der Waals surface area contributed by atoms with Crippen molar-refractivity contribution in [1.82, 2.24) is 4.31 Å². The van der Waals surface area contributed by atoms with E-state index in [1.165, 1.54) is 40.7 Å². The highest BCUT2D eigenvalue weighted by atomic mass is 32.2. The van der Waals surface area contributed by atoms with Crippen molar-refractivity contribution in [2.45, 2.75) is 25.7 Å². The van der Waals surface area contributed by atoms with Crippen LogP contribution in [0.25, 0.3) is 0 Å². The van der Waals surface area contributed by atoms with Crippen LogP contribution in [0.2, 0.25) is 0 Å². The number of halogens is 1. The SMILES string of the molecule is CCN(CC)S(=O)(=O)c1ccc(N/N=C(/C)c2ccc(F)cc2)c([N+](=O)[O-])c1. The van der Waals surface area contributed by atoms with Crippen molar-refractivity contribution in [3.8, 4) is 0 Å². The van der Waals surface area contributed by atoms with E-state index in [-0.39, 0.29) is 29.5 Å². The smallest absolute Gasteiger partial charge is 0.271 e. The molecule has 1 N–H and O–H groups in total. The lowest BCUT2D eigenvalue weighted by molar-refractivity contribution is -0.384. The molecule has 0 atom stereocenters. The molecule has 0 amide bonds. The number of nitro benzene ring substituents is 1. The monoisotopic (exact) mass is 408 g/mol. The van der Waals surface area contributed by atoms with Crippen molar-refractivity contribution in [2.75, 3.05) is 18.5 Å². The van der Waals surface area contributed by atoms with Crippen LogP contribution >= 0.6 is 0 Å². The first kappa shape index (κ1) is 21.5. The zero-order chi connectivity index (χ0) is 20.9. The number of benzene rings is 2. The number of rotatable bonds is 8. The molecular formula is C18H21FN4O4S. The van der Waals surface area contributed by atoms with Crippen LogP contribution in [-0.4, -0.2) is 36.4 Å². The molecule has 0 fully saturated rings. The van der Waals surface area contributed by atoms with E-state index < -0.39 is 20.6 Å². The van der Waals surface area contributed by atoms with E-state index in [4.69, 9.17) is 0 Å². The van der Waals surface area contributed by atoms with Crippen LogP contribution < -0.4 is 5.43 Å². The molecule has 0 saturated heterocycles. The predicted octanol–water partition coefficient (Wildman–Crippen LogP) is 3.60. The molecule has 0 spiro atoms. The van der Waals surface area contributed by atoms with Gasteiger partial charge in [-0.05, 0) is 36.8 Å². The molecule has 0 saturated carbocycles. The first-order valence-electron chi connectivity index (χ1n) is 8.55. The van der Waals surface area contributed by atoms with E-state index in [0.717, 1.165) is 6.07 Å². The van der Waals surface area contributed by atoms with Crippen LogP contribution in [0.15, 0.2) is 52.5 Å². The summed E-state index contributed by atoms with van der Waals surface area (Å²) in [6.07, 6.45) is 0. The van der Waals surface area contributed by atoms with Crippen LogP contribution in [0.1, 0.15) is 26.3 Å². The molecule has 0 aliphatic rings. The summed E-state index contributed by atoms with van der Waals surface area (Å²) in [6, 6.07) is 9.24. The molecule has 8 nitrogen and oxygen atoms in total. The normalized spacial score (nSPS) is 12.2. The molecule has 0 radical (unpaired) electrons. The second kappa shape index (κ2) is 8.89. The maximum atomic E-state index is 13.0. The largest absolute Gasteiger partial charge is 0.295 e. The fourth-order valence-electron chi connectivity index (χ4n) is 2.53. The molecule has 0 unspecified atom stereocenters. The third-order valence-corrected chi connectivity index (χ3v) is 6.16. The molecule has 150 valence electrons. The Morgan fingerprint density at radius 2 is 1.79 bits per heavy atom. The molecule has 2 aromatic rings. The minimum Gasteiger partial charge on any atom is -0.271 e. The average Bonchev–Trinajstić information content (AvgIpc) is 2.67. The minimum absolute atomic E-state index is 0.0463. The molecule has 28 heavy (non-hydrogen) atoms. The van der Waals surface area contributed by atoms with Gasteiger partial charge in [0.2, 0.25) is 10.0 Å². The lowest BCUT2D eigenvalue weighted by Gasteiger charge is -2.18. The van der Waals surface area contributed by atoms with Gasteiger partial charge in [-0.1, -0.05) is 26.0 Å². The molecule has 0 aromatic heterocycles. The Labute approximate surface area is 162 Å². The van der Waals surface area contributed by atoms with Crippen molar-refractivity contribution >= 4 is 27.1 Å². The van der Waals surface area contributed by atoms with Crippen LogP contribution in [0.4, 0.5) is 15.8 Å². The van der Waals surface area contributed by atoms with Crippen LogP contribution in [0.5, 0.6) is 0 Å². The number of anilines is 1. The van der Waals surface area contributed by atoms with E-state index in [1.807, 2.05) is 0 Å². The van der Waals surface area contributed by atoms with Gasteiger partial charge in [0, 0.05) is 19.2 Å². The third kappa shape index (κ3) is 4.70. The van der Waals surface area contributed by atoms with Crippen molar-refractivity contribution in [3.63, 3.8) is 0 Å². The number of nitrogens with zero attached hydrogens (tertiary/aromatic N) is 3. The first-order chi connectivity index (χ1) is 13.2. The summed E-state index contributed by atoms with van der Waals surface area (Å²) >= 11 is 0. The quantitative estimate of drug-likeness (QED) is 0.408. The van der Waals surface area contributed by atoms with Gasteiger partial charge in [0.1, 0.15) is 11.5 Å². The zero-order valence-corrected chi connectivity index (χ0v) is 16.5. The lowest BCUT2D eigenvalue weighted by atomic mass is 10.1. The van der Waals surface area contributed by atoms with Gasteiger partial charge in [-0.15, -0.1) is 0 Å². The van der Waals surface area contributed by atoms with E-state index in [9.17, 15) is 22.9 Å². The highest BCUT2D eigenvalue weighted by molar-refractivity contribution is 7.89.